The highest BCUT2D eigenvalue weighted by molar-refractivity contribution is 7.89. The molecule has 4 fully saturated rings. The van der Waals surface area contributed by atoms with Crippen molar-refractivity contribution in [3.05, 3.63) is 0 Å². The molecule has 4 bridgehead atoms. The van der Waals surface area contributed by atoms with Crippen LogP contribution in [0.15, 0.2) is 0 Å². The lowest BCUT2D eigenvalue weighted by Gasteiger charge is -2.36. The van der Waals surface area contributed by atoms with Gasteiger partial charge in [-0.25, -0.2) is 26.3 Å². The molecule has 0 heterocycles. The lowest BCUT2D eigenvalue weighted by Crippen LogP contribution is -2.48. The van der Waals surface area contributed by atoms with Crippen molar-refractivity contribution in [2.24, 2.45) is 33.5 Å². The molecule has 4 atom stereocenters. The predicted octanol–water partition coefficient (Wildman–Crippen LogP) is 1.62. The smallest absolute Gasteiger partial charge is 0.212 e. The van der Waals surface area contributed by atoms with E-state index in [1.54, 1.807) is 0 Å². The molecule has 0 aromatic rings. The highest BCUT2D eigenvalue weighted by atomic mass is 32.2. The lowest BCUT2D eigenvalue weighted by molar-refractivity contribution is -0.128. The molecule has 0 aromatic carbocycles. The van der Waals surface area contributed by atoms with Gasteiger partial charge in [0.25, 0.3) is 0 Å². The molecule has 4 saturated carbocycles. The van der Waals surface area contributed by atoms with Gasteiger partial charge in [0.2, 0.25) is 20.0 Å². The Morgan fingerprint density at radius 1 is 0.719 bits per heavy atom. The number of sulfonamides is 2. The summed E-state index contributed by atoms with van der Waals surface area (Å²) in [4.78, 5) is 25.2. The van der Waals surface area contributed by atoms with Gasteiger partial charge < -0.3 is 0 Å². The molecule has 32 heavy (non-hydrogen) atoms. The van der Waals surface area contributed by atoms with E-state index in [9.17, 15) is 26.4 Å². The van der Waals surface area contributed by atoms with Crippen molar-refractivity contribution in [1.82, 2.24) is 9.44 Å². The third kappa shape index (κ3) is 3.43. The Morgan fingerprint density at radius 2 is 1.06 bits per heavy atom. The first-order valence-corrected chi connectivity index (χ1v) is 14.9. The second-order valence-electron chi connectivity index (χ2n) is 11.6. The largest absolute Gasteiger partial charge is 0.299 e. The van der Waals surface area contributed by atoms with E-state index in [2.05, 4.69) is 9.44 Å². The number of hydrogen-bond donors (Lipinski definition) is 2. The summed E-state index contributed by atoms with van der Waals surface area (Å²) in [6, 6.07) is 0. The summed E-state index contributed by atoms with van der Waals surface area (Å²) in [7, 11) is -7.50. The van der Waals surface area contributed by atoms with Crippen LogP contribution in [0.5, 0.6) is 0 Å². The maximum absolute atomic E-state index is 12.8. The van der Waals surface area contributed by atoms with Crippen LogP contribution in [0, 0.1) is 33.5 Å². The van der Waals surface area contributed by atoms with Crippen LogP contribution in [0.2, 0.25) is 0 Å². The second kappa shape index (κ2) is 7.33. The van der Waals surface area contributed by atoms with Gasteiger partial charge in [0, 0.05) is 36.8 Å². The van der Waals surface area contributed by atoms with E-state index in [0.717, 1.165) is 12.8 Å². The first-order valence-electron chi connectivity index (χ1n) is 11.6. The van der Waals surface area contributed by atoms with Crippen LogP contribution in [-0.2, 0) is 29.6 Å². The van der Waals surface area contributed by atoms with Crippen molar-refractivity contribution in [2.75, 3.05) is 24.6 Å². The molecular formula is C22H36N2O6S2. The van der Waals surface area contributed by atoms with Crippen LogP contribution < -0.4 is 9.44 Å². The number of carbonyl (C=O) groups excluding carboxylic acids is 2. The molecule has 0 aromatic heterocycles. The standard InChI is InChI=1S/C22H36N2O6S2/c1-19(2)15-5-7-21(19,17(25)11-15)13-31(27,28)23-9-10-24-32(29,30)14-22-8-6-16(12-18(22)26)20(22,3)4/h15-16,23-24H,5-14H2,1-4H3. The van der Waals surface area contributed by atoms with Gasteiger partial charge >= 0.3 is 0 Å². The molecule has 4 unspecified atom stereocenters. The van der Waals surface area contributed by atoms with Gasteiger partial charge in [-0.2, -0.15) is 0 Å². The Balaban J connectivity index is 1.33. The van der Waals surface area contributed by atoms with Crippen LogP contribution in [0.3, 0.4) is 0 Å². The first kappa shape index (κ1) is 24.3. The van der Waals surface area contributed by atoms with E-state index in [4.69, 9.17) is 0 Å². The first-order chi connectivity index (χ1) is 14.6. The van der Waals surface area contributed by atoms with E-state index < -0.39 is 30.9 Å². The highest BCUT2D eigenvalue weighted by Gasteiger charge is 2.66. The Labute approximate surface area is 191 Å². The van der Waals surface area contributed by atoms with Crippen molar-refractivity contribution in [3.63, 3.8) is 0 Å². The van der Waals surface area contributed by atoms with Crippen molar-refractivity contribution in [1.29, 1.82) is 0 Å². The van der Waals surface area contributed by atoms with Gasteiger partial charge in [0.05, 0.1) is 11.5 Å². The number of ketones is 2. The molecule has 0 aliphatic heterocycles. The molecule has 4 aliphatic rings. The molecule has 0 radical (unpaired) electrons. The minimum absolute atomic E-state index is 0.0304. The van der Waals surface area contributed by atoms with Crippen LogP contribution in [0.1, 0.15) is 66.2 Å². The molecule has 0 spiro atoms. The number of carbonyl (C=O) groups is 2. The molecule has 2 N–H and O–H groups in total. The monoisotopic (exact) mass is 488 g/mol. The van der Waals surface area contributed by atoms with Crippen molar-refractivity contribution >= 4 is 31.6 Å². The zero-order valence-corrected chi connectivity index (χ0v) is 21.1. The zero-order chi connectivity index (χ0) is 23.8. The Hall–Kier alpha value is -0.840. The molecule has 0 amide bonds. The maximum atomic E-state index is 12.8. The van der Waals surface area contributed by atoms with E-state index in [-0.39, 0.29) is 58.8 Å². The third-order valence-corrected chi connectivity index (χ3v) is 13.0. The molecule has 182 valence electrons. The number of rotatable bonds is 9. The molecule has 0 saturated heterocycles. The average molecular weight is 489 g/mol. The normalized spacial score (nSPS) is 37.5. The van der Waals surface area contributed by atoms with E-state index in [0.29, 0.717) is 25.7 Å². The zero-order valence-electron chi connectivity index (χ0n) is 19.5. The highest BCUT2D eigenvalue weighted by Crippen LogP contribution is 2.65. The van der Waals surface area contributed by atoms with Gasteiger partial charge in [-0.15, -0.1) is 0 Å². The number of Topliss-reactive ketones (excluding diaryl/α,β-unsaturated/α-hetero) is 2. The SMILES string of the molecule is CC1(C)C2CCC1(CS(=O)(=O)NCCNS(=O)(=O)CC13CCC(CC1=O)C3(C)C)C(=O)C2. The van der Waals surface area contributed by atoms with E-state index in [1.165, 1.54) is 0 Å². The van der Waals surface area contributed by atoms with E-state index in [1.807, 2.05) is 27.7 Å². The summed E-state index contributed by atoms with van der Waals surface area (Å²) in [6.45, 7) is 7.75. The van der Waals surface area contributed by atoms with Crippen LogP contribution in [0.25, 0.3) is 0 Å². The summed E-state index contributed by atoms with van der Waals surface area (Å²) < 4.78 is 55.9. The Bertz CT molecular complexity index is 964. The minimum Gasteiger partial charge on any atom is -0.299 e. The quantitative estimate of drug-likeness (QED) is 0.475. The minimum atomic E-state index is -3.75. The topological polar surface area (TPSA) is 126 Å². The van der Waals surface area contributed by atoms with E-state index >= 15 is 0 Å². The fourth-order valence-corrected chi connectivity index (χ4v) is 11.1. The summed E-state index contributed by atoms with van der Waals surface area (Å²) in [5, 5.41) is 0. The summed E-state index contributed by atoms with van der Waals surface area (Å²) >= 11 is 0. The van der Waals surface area contributed by atoms with Crippen LogP contribution >= 0.6 is 0 Å². The molecule has 4 rings (SSSR count). The molecule has 4 aliphatic carbocycles. The van der Waals surface area contributed by atoms with Crippen molar-refractivity contribution in [2.45, 2.75) is 66.2 Å². The van der Waals surface area contributed by atoms with Gasteiger partial charge in [0.1, 0.15) is 11.6 Å². The average Bonchev–Trinajstić information content (AvgIpc) is 3.17. The fraction of sp³-hybridized carbons (Fsp3) is 0.909. The molecule has 8 nitrogen and oxygen atoms in total. The maximum Gasteiger partial charge on any atom is 0.212 e. The predicted molar refractivity (Wildman–Crippen MR) is 121 cm³/mol. The van der Waals surface area contributed by atoms with Gasteiger partial charge in [-0.3, -0.25) is 9.59 Å². The molecule has 10 heteroatoms. The van der Waals surface area contributed by atoms with Gasteiger partial charge in [0.15, 0.2) is 0 Å². The Morgan fingerprint density at radius 3 is 1.31 bits per heavy atom. The third-order valence-electron chi connectivity index (χ3n) is 9.92. The lowest BCUT2D eigenvalue weighted by atomic mass is 9.70. The van der Waals surface area contributed by atoms with Gasteiger partial charge in [-0.05, 0) is 48.3 Å². The Kier molecular flexibility index (Phi) is 5.56. The number of nitrogens with one attached hydrogen (secondary N) is 2. The van der Waals surface area contributed by atoms with Crippen LogP contribution in [0.4, 0.5) is 0 Å². The fourth-order valence-electron chi connectivity index (χ4n) is 7.38. The summed E-state index contributed by atoms with van der Waals surface area (Å²) in [6.07, 6.45) is 3.80. The summed E-state index contributed by atoms with van der Waals surface area (Å²) in [5.74, 6) is 0.0266. The van der Waals surface area contributed by atoms with Crippen molar-refractivity contribution < 1.29 is 26.4 Å². The number of fused-ring (bicyclic) bond motifs is 4. The van der Waals surface area contributed by atoms with Crippen LogP contribution in [-0.4, -0.2) is 53.0 Å². The molecular weight excluding hydrogens is 452 g/mol. The van der Waals surface area contributed by atoms with Crippen molar-refractivity contribution in [3.8, 4) is 0 Å². The van der Waals surface area contributed by atoms with Gasteiger partial charge in [-0.1, -0.05) is 27.7 Å². The number of hydrogen-bond acceptors (Lipinski definition) is 6. The summed E-state index contributed by atoms with van der Waals surface area (Å²) in [5.41, 5.74) is -2.40. The second-order valence-corrected chi connectivity index (χ2v) is 15.3.